The molecule has 0 aliphatic carbocycles. The molecule has 2 saturated heterocycles. The van der Waals surface area contributed by atoms with Crippen LogP contribution in [0, 0.1) is 0 Å². The molecule has 2 fully saturated rings. The van der Waals surface area contributed by atoms with Gasteiger partial charge >= 0.3 is 6.09 Å². The molecule has 152 valence electrons. The van der Waals surface area contributed by atoms with Crippen molar-refractivity contribution in [2.75, 3.05) is 31.1 Å². The molecule has 9 heteroatoms. The number of carbonyl (C=O) groups excluding carboxylic acids is 3. The van der Waals surface area contributed by atoms with Gasteiger partial charge < -0.3 is 9.64 Å². The smallest absolute Gasteiger partial charge is 0.410 e. The Morgan fingerprint density at radius 3 is 2.32 bits per heavy atom. The number of rotatable bonds is 2. The molecule has 1 aromatic rings. The van der Waals surface area contributed by atoms with Crippen LogP contribution in [-0.4, -0.2) is 65.5 Å². The molecule has 0 N–H and O–H groups in total. The van der Waals surface area contributed by atoms with Gasteiger partial charge in [0.15, 0.2) is 0 Å². The number of benzene rings is 1. The lowest BCUT2D eigenvalue weighted by atomic mass is 10.1. The van der Waals surface area contributed by atoms with Crippen LogP contribution in [0.1, 0.15) is 27.2 Å². The number of imide groups is 1. The second-order valence-electron chi connectivity index (χ2n) is 7.89. The van der Waals surface area contributed by atoms with E-state index in [1.165, 1.54) is 6.07 Å². The van der Waals surface area contributed by atoms with Crippen LogP contribution in [0.15, 0.2) is 18.2 Å². The second-order valence-corrected chi connectivity index (χ2v) is 8.73. The zero-order valence-corrected chi connectivity index (χ0v) is 17.6. The van der Waals surface area contributed by atoms with Crippen molar-refractivity contribution < 1.29 is 19.1 Å². The van der Waals surface area contributed by atoms with E-state index in [1.54, 1.807) is 17.0 Å². The van der Waals surface area contributed by atoms with Crippen molar-refractivity contribution in [3.8, 4) is 0 Å². The van der Waals surface area contributed by atoms with E-state index < -0.39 is 11.6 Å². The molecule has 0 radical (unpaired) electrons. The zero-order chi connectivity index (χ0) is 20.6. The van der Waals surface area contributed by atoms with Crippen molar-refractivity contribution in [3.63, 3.8) is 0 Å². The molecule has 0 spiro atoms. The third-order valence-electron chi connectivity index (χ3n) is 4.68. The lowest BCUT2D eigenvalue weighted by Gasteiger charge is -2.37. The largest absolute Gasteiger partial charge is 0.444 e. The molecule has 28 heavy (non-hydrogen) atoms. The summed E-state index contributed by atoms with van der Waals surface area (Å²) in [5.41, 5.74) is -0.212. The first-order valence-corrected chi connectivity index (χ1v) is 9.86. The molecule has 3 rings (SSSR count). The van der Waals surface area contributed by atoms with Gasteiger partial charge in [-0.25, -0.2) is 9.69 Å². The van der Waals surface area contributed by atoms with Crippen LogP contribution in [0.3, 0.4) is 0 Å². The van der Waals surface area contributed by atoms with E-state index in [4.69, 9.17) is 27.9 Å². The summed E-state index contributed by atoms with van der Waals surface area (Å²) >= 11 is 12.1. The topological polar surface area (TPSA) is 70.2 Å². The third-order valence-corrected chi connectivity index (χ3v) is 5.22. The van der Waals surface area contributed by atoms with Crippen molar-refractivity contribution >= 4 is 46.8 Å². The Morgan fingerprint density at radius 1 is 1.11 bits per heavy atom. The fourth-order valence-corrected chi connectivity index (χ4v) is 3.85. The Kier molecular flexibility index (Phi) is 5.89. The standard InChI is InChI=1S/C19H23Cl2N3O4/c1-19(2,3)28-18(27)23-8-6-22(7-9-23)15-11-16(25)24(17(15)26)14-5-4-12(20)10-13(14)21/h4-5,10,15H,6-9,11H2,1-3H3/t15-/m1/s1. The number of ether oxygens (including phenoxy) is 1. The van der Waals surface area contributed by atoms with Crippen LogP contribution in [0.25, 0.3) is 0 Å². The summed E-state index contributed by atoms with van der Waals surface area (Å²) in [5.74, 6) is -0.603. The van der Waals surface area contributed by atoms with Gasteiger partial charge in [0.05, 0.1) is 23.2 Å². The minimum atomic E-state index is -0.556. The summed E-state index contributed by atoms with van der Waals surface area (Å²) < 4.78 is 5.39. The van der Waals surface area contributed by atoms with Gasteiger partial charge in [-0.2, -0.15) is 0 Å². The zero-order valence-electron chi connectivity index (χ0n) is 16.1. The summed E-state index contributed by atoms with van der Waals surface area (Å²) in [6.07, 6.45) is -0.278. The van der Waals surface area contributed by atoms with E-state index in [-0.39, 0.29) is 29.4 Å². The third kappa shape index (κ3) is 4.42. The Balaban J connectivity index is 1.65. The molecule has 3 amide bonds. The quantitative estimate of drug-likeness (QED) is 0.677. The first-order valence-electron chi connectivity index (χ1n) is 9.10. The number of hydrogen-bond acceptors (Lipinski definition) is 5. The molecule has 7 nitrogen and oxygen atoms in total. The molecular formula is C19H23Cl2N3O4. The van der Waals surface area contributed by atoms with Crippen molar-refractivity contribution in [1.29, 1.82) is 0 Å². The highest BCUT2D eigenvalue weighted by atomic mass is 35.5. The lowest BCUT2D eigenvalue weighted by molar-refractivity contribution is -0.123. The fraction of sp³-hybridized carbons (Fsp3) is 0.526. The Labute approximate surface area is 174 Å². The summed E-state index contributed by atoms with van der Waals surface area (Å²) in [6.45, 7) is 7.32. The Morgan fingerprint density at radius 2 is 1.75 bits per heavy atom. The average Bonchev–Trinajstić information content (AvgIpc) is 2.88. The van der Waals surface area contributed by atoms with Crippen LogP contribution in [0.2, 0.25) is 10.0 Å². The highest BCUT2D eigenvalue weighted by Crippen LogP contribution is 2.33. The highest BCUT2D eigenvalue weighted by Gasteiger charge is 2.44. The van der Waals surface area contributed by atoms with Crippen molar-refractivity contribution in [1.82, 2.24) is 9.80 Å². The van der Waals surface area contributed by atoms with Crippen LogP contribution >= 0.6 is 23.2 Å². The molecule has 1 atom stereocenters. The van der Waals surface area contributed by atoms with Crippen LogP contribution < -0.4 is 4.90 Å². The van der Waals surface area contributed by atoms with E-state index in [0.29, 0.717) is 36.9 Å². The summed E-state index contributed by atoms with van der Waals surface area (Å²) in [4.78, 5) is 42.3. The monoisotopic (exact) mass is 427 g/mol. The number of carbonyl (C=O) groups is 3. The van der Waals surface area contributed by atoms with E-state index in [1.807, 2.05) is 25.7 Å². The van der Waals surface area contributed by atoms with Crippen LogP contribution in [0.4, 0.5) is 10.5 Å². The van der Waals surface area contributed by atoms with E-state index >= 15 is 0 Å². The Bertz CT molecular complexity index is 801. The molecule has 0 aromatic heterocycles. The number of halogens is 2. The van der Waals surface area contributed by atoms with Crippen molar-refractivity contribution in [2.24, 2.45) is 0 Å². The average molecular weight is 428 g/mol. The summed E-state index contributed by atoms with van der Waals surface area (Å²) in [6, 6.07) is 4.12. The second kappa shape index (κ2) is 7.89. The maximum atomic E-state index is 12.9. The highest BCUT2D eigenvalue weighted by molar-refractivity contribution is 6.38. The SMILES string of the molecule is CC(C)(C)OC(=O)N1CCN([C@@H]2CC(=O)N(c3ccc(Cl)cc3Cl)C2=O)CC1. The maximum absolute atomic E-state index is 12.9. The predicted octanol–water partition coefficient (Wildman–Crippen LogP) is 3.18. The number of amides is 3. The van der Waals surface area contributed by atoms with E-state index in [0.717, 1.165) is 4.90 Å². The number of anilines is 1. The van der Waals surface area contributed by atoms with Gasteiger partial charge in [0.25, 0.3) is 5.91 Å². The molecule has 0 bridgehead atoms. The molecule has 0 unspecified atom stereocenters. The molecule has 2 aliphatic rings. The molecular weight excluding hydrogens is 405 g/mol. The van der Waals surface area contributed by atoms with Crippen molar-refractivity contribution in [2.45, 2.75) is 38.8 Å². The first kappa shape index (κ1) is 20.9. The van der Waals surface area contributed by atoms with Gasteiger partial charge in [-0.1, -0.05) is 23.2 Å². The maximum Gasteiger partial charge on any atom is 0.410 e. The van der Waals surface area contributed by atoms with Crippen molar-refractivity contribution in [3.05, 3.63) is 28.2 Å². The van der Waals surface area contributed by atoms with Gasteiger partial charge in [0, 0.05) is 31.2 Å². The molecule has 1 aromatic carbocycles. The molecule has 0 saturated carbocycles. The fourth-order valence-electron chi connectivity index (χ4n) is 3.36. The van der Waals surface area contributed by atoms with Crippen LogP contribution in [0.5, 0.6) is 0 Å². The van der Waals surface area contributed by atoms with Gasteiger partial charge in [-0.3, -0.25) is 14.5 Å². The van der Waals surface area contributed by atoms with Gasteiger partial charge in [0.1, 0.15) is 5.60 Å². The predicted molar refractivity (Wildman–Crippen MR) is 107 cm³/mol. The number of hydrogen-bond donors (Lipinski definition) is 0. The van der Waals surface area contributed by atoms with E-state index in [9.17, 15) is 14.4 Å². The lowest BCUT2D eigenvalue weighted by Crippen LogP contribution is -2.54. The summed E-state index contributed by atoms with van der Waals surface area (Å²) in [7, 11) is 0. The minimum absolute atomic E-state index is 0.0875. The summed E-state index contributed by atoms with van der Waals surface area (Å²) in [5, 5.41) is 0.687. The van der Waals surface area contributed by atoms with Gasteiger partial charge in [0.2, 0.25) is 5.91 Å². The molecule has 2 aliphatic heterocycles. The van der Waals surface area contributed by atoms with Gasteiger partial charge in [-0.05, 0) is 39.0 Å². The number of nitrogens with zero attached hydrogens (tertiary/aromatic N) is 3. The number of piperazine rings is 1. The Hall–Kier alpha value is -1.83. The minimum Gasteiger partial charge on any atom is -0.444 e. The normalized spacial score (nSPS) is 21.4. The van der Waals surface area contributed by atoms with E-state index in [2.05, 4.69) is 0 Å². The van der Waals surface area contributed by atoms with Gasteiger partial charge in [-0.15, -0.1) is 0 Å². The first-order chi connectivity index (χ1) is 13.1. The van der Waals surface area contributed by atoms with Crippen LogP contribution in [-0.2, 0) is 14.3 Å². The molecule has 2 heterocycles.